The molecule has 1 heterocycles. The van der Waals surface area contributed by atoms with Crippen LogP contribution in [-0.2, 0) is 35.7 Å². The molecule has 3 aromatic carbocycles. The topological polar surface area (TPSA) is 69.6 Å². The van der Waals surface area contributed by atoms with E-state index in [4.69, 9.17) is 0 Å². The lowest BCUT2D eigenvalue weighted by Gasteiger charge is -2.48. The van der Waals surface area contributed by atoms with Crippen molar-refractivity contribution >= 4 is 11.8 Å². The van der Waals surface area contributed by atoms with E-state index >= 15 is 0 Å². The minimum absolute atomic E-state index is 0.0299. The molecule has 1 aliphatic heterocycles. The summed E-state index contributed by atoms with van der Waals surface area (Å²) < 4.78 is 81.8. The minimum Gasteiger partial charge on any atom is -0.392 e. The summed E-state index contributed by atoms with van der Waals surface area (Å²) >= 11 is 0. The monoisotopic (exact) mass is 578 g/mol. The molecule has 41 heavy (non-hydrogen) atoms. The van der Waals surface area contributed by atoms with Crippen LogP contribution in [0.15, 0.2) is 66.7 Å². The van der Waals surface area contributed by atoms with Gasteiger partial charge in [0.15, 0.2) is 0 Å². The Morgan fingerprint density at radius 1 is 0.927 bits per heavy atom. The Balaban J connectivity index is 1.97. The van der Waals surface area contributed by atoms with Gasteiger partial charge in [-0.3, -0.25) is 9.59 Å². The van der Waals surface area contributed by atoms with E-state index in [-0.39, 0.29) is 24.3 Å². The van der Waals surface area contributed by atoms with Crippen molar-refractivity contribution in [1.29, 1.82) is 0 Å². The molecule has 2 atom stereocenters. The number of alkyl halides is 6. The Morgan fingerprint density at radius 2 is 1.49 bits per heavy atom. The van der Waals surface area contributed by atoms with Crippen LogP contribution in [0.3, 0.4) is 0 Å². The van der Waals surface area contributed by atoms with Gasteiger partial charge in [-0.05, 0) is 67.3 Å². The molecule has 2 N–H and O–H groups in total. The Morgan fingerprint density at radius 3 is 2.00 bits per heavy atom. The van der Waals surface area contributed by atoms with Crippen molar-refractivity contribution in [2.75, 3.05) is 0 Å². The molecule has 218 valence electrons. The highest BCUT2D eigenvalue weighted by atomic mass is 19.4. The third kappa shape index (κ3) is 5.81. The lowest BCUT2D eigenvalue weighted by Crippen LogP contribution is -2.57. The van der Waals surface area contributed by atoms with Gasteiger partial charge in [0.1, 0.15) is 0 Å². The second-order valence-corrected chi connectivity index (χ2v) is 10.5. The van der Waals surface area contributed by atoms with E-state index in [1.54, 1.807) is 63.2 Å². The van der Waals surface area contributed by atoms with Crippen molar-refractivity contribution in [3.63, 3.8) is 0 Å². The molecule has 1 aliphatic rings. The van der Waals surface area contributed by atoms with Crippen LogP contribution in [0.2, 0.25) is 0 Å². The first-order valence-corrected chi connectivity index (χ1v) is 12.8. The zero-order valence-electron chi connectivity index (χ0n) is 22.4. The number of carbonyl (C=O) groups excluding carboxylic acids is 2. The summed E-state index contributed by atoms with van der Waals surface area (Å²) in [4.78, 5) is 29.0. The molecule has 0 aromatic heterocycles. The van der Waals surface area contributed by atoms with Crippen LogP contribution < -0.4 is 5.32 Å². The second-order valence-electron chi connectivity index (χ2n) is 10.5. The van der Waals surface area contributed by atoms with Crippen molar-refractivity contribution in [3.05, 3.63) is 106 Å². The number of halogens is 6. The summed E-state index contributed by atoms with van der Waals surface area (Å²) in [5, 5.41) is 12.4. The van der Waals surface area contributed by atoms with E-state index < -0.39 is 58.9 Å². The number of aliphatic hydroxyl groups excluding tert-OH is 1. The SMILES string of the molecule is CC(C)NC(=O)[C@@]1(C)c2ccccc2C(=O)N(Cc2cc(C(F)(F)F)cc(C(F)(F)F)c2)[C@H]1c1ccc(CO)cc1. The third-order valence-electron chi connectivity index (χ3n) is 7.21. The highest BCUT2D eigenvalue weighted by Gasteiger charge is 2.53. The number of aliphatic hydroxyl groups is 1. The van der Waals surface area contributed by atoms with Gasteiger partial charge in [-0.2, -0.15) is 26.3 Å². The Bertz CT molecular complexity index is 1420. The molecule has 5 nitrogen and oxygen atoms in total. The van der Waals surface area contributed by atoms with E-state index in [0.717, 1.165) is 4.90 Å². The van der Waals surface area contributed by atoms with Crippen LogP contribution in [-0.4, -0.2) is 27.9 Å². The smallest absolute Gasteiger partial charge is 0.392 e. The maximum atomic E-state index is 13.9. The highest BCUT2D eigenvalue weighted by molar-refractivity contribution is 6.03. The molecule has 11 heteroatoms. The minimum atomic E-state index is -5.07. The summed E-state index contributed by atoms with van der Waals surface area (Å²) in [7, 11) is 0. The van der Waals surface area contributed by atoms with Gasteiger partial charge in [-0.25, -0.2) is 0 Å². The number of nitrogens with zero attached hydrogens (tertiary/aromatic N) is 1. The first kappa shape index (κ1) is 30.1. The number of hydrogen-bond acceptors (Lipinski definition) is 3. The molecule has 0 saturated carbocycles. The number of hydrogen-bond donors (Lipinski definition) is 2. The molecular formula is C30H28F6N2O3. The Hall–Kier alpha value is -3.86. The number of carbonyl (C=O) groups is 2. The molecule has 0 radical (unpaired) electrons. The molecule has 0 bridgehead atoms. The number of amides is 2. The summed E-state index contributed by atoms with van der Waals surface area (Å²) in [6, 6.07) is 12.4. The Kier molecular flexibility index (Phi) is 7.97. The molecule has 0 unspecified atom stereocenters. The first-order chi connectivity index (χ1) is 19.1. The molecular weight excluding hydrogens is 550 g/mol. The van der Waals surface area contributed by atoms with E-state index in [0.29, 0.717) is 28.8 Å². The van der Waals surface area contributed by atoms with Gasteiger partial charge in [0.25, 0.3) is 5.91 Å². The standard InChI is InChI=1S/C30H28F6N2O3/c1-17(2)37-27(41)28(3)24-7-5-4-6-23(24)26(40)38(25(28)20-10-8-18(16-39)9-11-20)15-19-12-21(29(31,32)33)14-22(13-19)30(34,35)36/h4-14,17,25,39H,15-16H2,1-3H3,(H,37,41)/t25-,28-/m0/s1. The van der Waals surface area contributed by atoms with Crippen LogP contribution in [0.1, 0.15) is 70.6 Å². The fourth-order valence-corrected chi connectivity index (χ4v) is 5.30. The van der Waals surface area contributed by atoms with Crippen LogP contribution in [0.25, 0.3) is 0 Å². The quantitative estimate of drug-likeness (QED) is 0.333. The van der Waals surface area contributed by atoms with Gasteiger partial charge in [0, 0.05) is 18.2 Å². The predicted octanol–water partition coefficient (Wildman–Crippen LogP) is 6.40. The number of rotatable bonds is 6. The lowest BCUT2D eigenvalue weighted by atomic mass is 9.67. The van der Waals surface area contributed by atoms with Gasteiger partial charge in [0.2, 0.25) is 5.91 Å². The number of benzene rings is 3. The summed E-state index contributed by atoms with van der Waals surface area (Å²) in [5.41, 5.74) is -3.48. The van der Waals surface area contributed by atoms with Gasteiger partial charge in [-0.1, -0.05) is 42.5 Å². The molecule has 2 amide bonds. The molecule has 0 saturated heterocycles. The predicted molar refractivity (Wildman–Crippen MR) is 138 cm³/mol. The lowest BCUT2D eigenvalue weighted by molar-refractivity contribution is -0.143. The highest BCUT2D eigenvalue weighted by Crippen LogP contribution is 2.48. The average molecular weight is 579 g/mol. The first-order valence-electron chi connectivity index (χ1n) is 12.8. The molecule has 3 aromatic rings. The second kappa shape index (κ2) is 10.8. The average Bonchev–Trinajstić information content (AvgIpc) is 2.90. The number of nitrogens with one attached hydrogen (secondary N) is 1. The molecule has 0 fully saturated rings. The normalized spacial score (nSPS) is 19.3. The number of fused-ring (bicyclic) bond motifs is 1. The molecule has 0 aliphatic carbocycles. The van der Waals surface area contributed by atoms with E-state index in [1.807, 2.05) is 0 Å². The van der Waals surface area contributed by atoms with E-state index in [2.05, 4.69) is 5.32 Å². The third-order valence-corrected chi connectivity index (χ3v) is 7.21. The van der Waals surface area contributed by atoms with Crippen molar-refractivity contribution in [2.45, 2.75) is 63.8 Å². The Labute approximate surface area is 232 Å². The van der Waals surface area contributed by atoms with Crippen LogP contribution in [0.5, 0.6) is 0 Å². The van der Waals surface area contributed by atoms with Gasteiger partial charge >= 0.3 is 12.4 Å². The zero-order chi connectivity index (χ0) is 30.3. The van der Waals surface area contributed by atoms with Gasteiger partial charge in [0.05, 0.1) is 29.2 Å². The van der Waals surface area contributed by atoms with Crippen LogP contribution in [0.4, 0.5) is 26.3 Å². The summed E-state index contributed by atoms with van der Waals surface area (Å²) in [6.45, 7) is 4.15. The van der Waals surface area contributed by atoms with Crippen LogP contribution in [0, 0.1) is 0 Å². The molecule has 0 spiro atoms. The zero-order valence-corrected chi connectivity index (χ0v) is 22.4. The fourth-order valence-electron chi connectivity index (χ4n) is 5.30. The van der Waals surface area contributed by atoms with E-state index in [1.165, 1.54) is 6.07 Å². The van der Waals surface area contributed by atoms with Crippen molar-refractivity contribution in [1.82, 2.24) is 10.2 Å². The van der Waals surface area contributed by atoms with Gasteiger partial charge in [-0.15, -0.1) is 0 Å². The fraction of sp³-hybridized carbons (Fsp3) is 0.333. The summed E-state index contributed by atoms with van der Waals surface area (Å²) in [6.07, 6.45) is -10.1. The maximum Gasteiger partial charge on any atom is 0.416 e. The van der Waals surface area contributed by atoms with Crippen molar-refractivity contribution in [2.24, 2.45) is 0 Å². The van der Waals surface area contributed by atoms with Crippen molar-refractivity contribution < 1.29 is 41.0 Å². The summed E-state index contributed by atoms with van der Waals surface area (Å²) in [5.74, 6) is -1.13. The van der Waals surface area contributed by atoms with E-state index in [9.17, 15) is 41.0 Å². The largest absolute Gasteiger partial charge is 0.416 e. The van der Waals surface area contributed by atoms with Crippen molar-refractivity contribution in [3.8, 4) is 0 Å². The molecule has 4 rings (SSSR count). The van der Waals surface area contributed by atoms with Crippen LogP contribution >= 0.6 is 0 Å². The van der Waals surface area contributed by atoms with Gasteiger partial charge < -0.3 is 15.3 Å². The maximum absolute atomic E-state index is 13.9.